The Bertz CT molecular complexity index is 826. The first-order chi connectivity index (χ1) is 13.0. The smallest absolute Gasteiger partial charge is 0.242 e. The maximum atomic E-state index is 12.9. The van der Waals surface area contributed by atoms with E-state index in [2.05, 4.69) is 5.32 Å². The van der Waals surface area contributed by atoms with Crippen LogP contribution in [0.3, 0.4) is 0 Å². The Labute approximate surface area is 172 Å². The molecule has 0 radical (unpaired) electrons. The fourth-order valence-corrected chi connectivity index (χ4v) is 4.34. The third-order valence-corrected chi connectivity index (χ3v) is 5.37. The van der Waals surface area contributed by atoms with Crippen molar-refractivity contribution in [3.8, 4) is 0 Å². The van der Waals surface area contributed by atoms with E-state index in [0.717, 1.165) is 15.8 Å². The zero-order chi connectivity index (χ0) is 21.1. The van der Waals surface area contributed by atoms with Crippen molar-refractivity contribution in [3.05, 3.63) is 30.5 Å². The van der Waals surface area contributed by atoms with Crippen LogP contribution in [0.25, 0.3) is 10.9 Å². The molecule has 0 spiro atoms. The Morgan fingerprint density at radius 3 is 2.29 bits per heavy atom. The normalized spacial score (nSPS) is 12.0. The third kappa shape index (κ3) is 5.77. The molecule has 5 nitrogen and oxygen atoms in total. The molecule has 1 aromatic heterocycles. The van der Waals surface area contributed by atoms with E-state index in [1.54, 1.807) is 0 Å². The predicted molar refractivity (Wildman–Crippen MR) is 118 cm³/mol. The van der Waals surface area contributed by atoms with E-state index in [1.165, 1.54) is 11.8 Å². The minimum Gasteiger partial charge on any atom is -0.351 e. The maximum Gasteiger partial charge on any atom is 0.242 e. The summed E-state index contributed by atoms with van der Waals surface area (Å²) in [6.07, 6.45) is 2.00. The van der Waals surface area contributed by atoms with Gasteiger partial charge in [0.2, 0.25) is 11.8 Å². The molecule has 2 amide bonds. The Balaban J connectivity index is 2.22. The number of nitrogens with zero attached hydrogens (tertiary/aromatic N) is 2. The van der Waals surface area contributed by atoms with Gasteiger partial charge in [-0.1, -0.05) is 18.2 Å². The van der Waals surface area contributed by atoms with Gasteiger partial charge in [-0.3, -0.25) is 9.59 Å². The van der Waals surface area contributed by atoms with Crippen molar-refractivity contribution in [1.82, 2.24) is 14.8 Å². The summed E-state index contributed by atoms with van der Waals surface area (Å²) in [5.41, 5.74) is 0.775. The van der Waals surface area contributed by atoms with Crippen LogP contribution in [-0.2, 0) is 16.1 Å². The molecule has 0 saturated carbocycles. The molecule has 0 unspecified atom stereocenters. The van der Waals surface area contributed by atoms with E-state index in [-0.39, 0.29) is 29.4 Å². The summed E-state index contributed by atoms with van der Waals surface area (Å²) in [4.78, 5) is 28.0. The van der Waals surface area contributed by atoms with Crippen LogP contribution in [-0.4, -0.2) is 44.7 Å². The van der Waals surface area contributed by atoms with Gasteiger partial charge in [-0.15, -0.1) is 11.8 Å². The van der Waals surface area contributed by atoms with Crippen LogP contribution >= 0.6 is 11.8 Å². The van der Waals surface area contributed by atoms with Gasteiger partial charge in [-0.25, -0.2) is 0 Å². The van der Waals surface area contributed by atoms with Crippen LogP contribution in [0.5, 0.6) is 0 Å². The fraction of sp³-hybridized carbons (Fsp3) is 0.545. The third-order valence-electron chi connectivity index (χ3n) is 4.33. The summed E-state index contributed by atoms with van der Waals surface area (Å²) < 4.78 is 2.00. The molecule has 2 rings (SSSR count). The summed E-state index contributed by atoms with van der Waals surface area (Å²) >= 11 is 1.51. The van der Waals surface area contributed by atoms with E-state index >= 15 is 0 Å². The van der Waals surface area contributed by atoms with Crippen molar-refractivity contribution in [1.29, 1.82) is 0 Å². The number of benzene rings is 1. The second-order valence-corrected chi connectivity index (χ2v) is 9.73. The molecule has 154 valence electrons. The first-order valence-electron chi connectivity index (χ1n) is 9.82. The van der Waals surface area contributed by atoms with Crippen LogP contribution in [0.2, 0.25) is 0 Å². The number of para-hydroxylation sites is 1. The summed E-state index contributed by atoms with van der Waals surface area (Å²) in [6, 6.07) is 8.35. The van der Waals surface area contributed by atoms with Crippen LogP contribution in [0.4, 0.5) is 0 Å². The SMILES string of the molecule is CC(C)N(C(=O)Cn1cc(SCC(=O)NC(C)(C)C)c2ccccc21)C(C)C. The lowest BCUT2D eigenvalue weighted by atomic mass is 10.1. The van der Waals surface area contributed by atoms with Crippen molar-refractivity contribution < 1.29 is 9.59 Å². The van der Waals surface area contributed by atoms with Crippen LogP contribution in [0, 0.1) is 0 Å². The number of rotatable bonds is 7. The molecule has 6 heteroatoms. The highest BCUT2D eigenvalue weighted by molar-refractivity contribution is 8.00. The molecule has 28 heavy (non-hydrogen) atoms. The van der Waals surface area contributed by atoms with Crippen LogP contribution in [0.1, 0.15) is 48.5 Å². The minimum atomic E-state index is -0.241. The topological polar surface area (TPSA) is 54.3 Å². The fourth-order valence-electron chi connectivity index (χ4n) is 3.46. The van der Waals surface area contributed by atoms with Gasteiger partial charge in [0.15, 0.2) is 0 Å². The maximum absolute atomic E-state index is 12.9. The average Bonchev–Trinajstić information content (AvgIpc) is 2.88. The molecule has 0 bridgehead atoms. The number of carbonyl (C=O) groups is 2. The molecule has 1 heterocycles. The monoisotopic (exact) mass is 403 g/mol. The average molecular weight is 404 g/mol. The summed E-state index contributed by atoms with van der Waals surface area (Å²) in [5, 5.41) is 4.06. The van der Waals surface area contributed by atoms with Gasteiger partial charge in [0.1, 0.15) is 6.54 Å². The number of hydrogen-bond acceptors (Lipinski definition) is 3. The molecule has 1 N–H and O–H groups in total. The molecule has 0 aliphatic heterocycles. The van der Waals surface area contributed by atoms with Crippen molar-refractivity contribution in [2.75, 3.05) is 5.75 Å². The van der Waals surface area contributed by atoms with Crippen molar-refractivity contribution in [2.45, 2.75) is 77.5 Å². The molecule has 0 fully saturated rings. The number of amides is 2. The van der Waals surface area contributed by atoms with Gasteiger partial charge in [-0.2, -0.15) is 0 Å². The number of carbonyl (C=O) groups excluding carboxylic acids is 2. The highest BCUT2D eigenvalue weighted by Gasteiger charge is 2.22. The highest BCUT2D eigenvalue weighted by Crippen LogP contribution is 2.30. The Kier molecular flexibility index (Phi) is 7.21. The quantitative estimate of drug-likeness (QED) is 0.702. The first-order valence-corrected chi connectivity index (χ1v) is 10.8. The Morgan fingerprint density at radius 2 is 1.71 bits per heavy atom. The van der Waals surface area contributed by atoms with E-state index < -0.39 is 0 Å². The second-order valence-electron chi connectivity index (χ2n) is 8.71. The van der Waals surface area contributed by atoms with Crippen molar-refractivity contribution in [3.63, 3.8) is 0 Å². The van der Waals surface area contributed by atoms with Gasteiger partial charge in [0, 0.05) is 39.6 Å². The molecule has 1 aromatic carbocycles. The van der Waals surface area contributed by atoms with E-state index in [4.69, 9.17) is 0 Å². The lowest BCUT2D eigenvalue weighted by Gasteiger charge is -2.31. The molecule has 0 atom stereocenters. The van der Waals surface area contributed by atoms with Crippen molar-refractivity contribution in [2.24, 2.45) is 0 Å². The summed E-state index contributed by atoms with van der Waals surface area (Å²) in [5.74, 6) is 0.465. The number of aromatic nitrogens is 1. The number of fused-ring (bicyclic) bond motifs is 1. The molecule has 0 aliphatic rings. The molecule has 2 aromatic rings. The summed E-state index contributed by atoms with van der Waals surface area (Å²) in [7, 11) is 0. The van der Waals surface area contributed by atoms with Gasteiger partial charge in [0.25, 0.3) is 0 Å². The van der Waals surface area contributed by atoms with Crippen LogP contribution < -0.4 is 5.32 Å². The number of nitrogens with one attached hydrogen (secondary N) is 1. The van der Waals surface area contributed by atoms with Gasteiger partial charge in [-0.05, 0) is 54.5 Å². The zero-order valence-corrected chi connectivity index (χ0v) is 18.9. The van der Waals surface area contributed by atoms with E-state index in [1.807, 2.05) is 88.4 Å². The molecule has 0 saturated heterocycles. The second kappa shape index (κ2) is 9.03. The highest BCUT2D eigenvalue weighted by atomic mass is 32.2. The lowest BCUT2D eigenvalue weighted by molar-refractivity contribution is -0.135. The Hall–Kier alpha value is -1.95. The van der Waals surface area contributed by atoms with Gasteiger partial charge >= 0.3 is 0 Å². The Morgan fingerprint density at radius 1 is 1.11 bits per heavy atom. The first kappa shape index (κ1) is 22.3. The number of hydrogen-bond donors (Lipinski definition) is 1. The molecule has 0 aliphatic carbocycles. The van der Waals surface area contributed by atoms with Crippen molar-refractivity contribution >= 4 is 34.5 Å². The minimum absolute atomic E-state index is 0.0104. The van der Waals surface area contributed by atoms with E-state index in [9.17, 15) is 9.59 Å². The van der Waals surface area contributed by atoms with Gasteiger partial charge < -0.3 is 14.8 Å². The van der Waals surface area contributed by atoms with Gasteiger partial charge in [0.05, 0.1) is 5.75 Å². The molecular formula is C22H33N3O2S. The summed E-state index contributed by atoms with van der Waals surface area (Å²) in [6.45, 7) is 14.4. The lowest BCUT2D eigenvalue weighted by Crippen LogP contribution is -2.43. The zero-order valence-electron chi connectivity index (χ0n) is 18.1. The largest absolute Gasteiger partial charge is 0.351 e. The standard InChI is InChI=1S/C22H33N3O2S/c1-15(2)25(16(3)4)21(27)13-24-12-19(17-10-8-9-11-18(17)24)28-14-20(26)23-22(5,6)7/h8-12,15-16H,13-14H2,1-7H3,(H,23,26). The number of thioether (sulfide) groups is 1. The van der Waals surface area contributed by atoms with Crippen LogP contribution in [0.15, 0.2) is 35.4 Å². The molecular weight excluding hydrogens is 370 g/mol. The predicted octanol–water partition coefficient (Wildman–Crippen LogP) is 4.29. The van der Waals surface area contributed by atoms with E-state index in [0.29, 0.717) is 12.3 Å².